The smallest absolute Gasteiger partial charge is 0.416 e. The Kier molecular flexibility index (Phi) is 6.66. The number of morpholine rings is 1. The molecule has 1 aromatic heterocycles. The van der Waals surface area contributed by atoms with Crippen LogP contribution in [0.15, 0.2) is 45.8 Å². The van der Waals surface area contributed by atoms with Gasteiger partial charge in [0.1, 0.15) is 18.4 Å². The van der Waals surface area contributed by atoms with Crippen molar-refractivity contribution in [1.29, 1.82) is 0 Å². The molecular weight excluding hydrogens is 401 g/mol. The van der Waals surface area contributed by atoms with Gasteiger partial charge in [0, 0.05) is 13.1 Å². The number of guanidine groups is 1. The minimum absolute atomic E-state index is 0.0567. The molecule has 2 aromatic rings. The van der Waals surface area contributed by atoms with Crippen molar-refractivity contribution < 1.29 is 27.1 Å². The third-order valence-electron chi connectivity index (χ3n) is 4.58. The van der Waals surface area contributed by atoms with Crippen molar-refractivity contribution in [3.8, 4) is 0 Å². The van der Waals surface area contributed by atoms with Crippen LogP contribution in [0.1, 0.15) is 40.5 Å². The number of rotatable bonds is 5. The Balaban J connectivity index is 1.74. The van der Waals surface area contributed by atoms with Gasteiger partial charge in [-0.15, -0.1) is 0 Å². The average Bonchev–Trinajstić information content (AvgIpc) is 3.20. The van der Waals surface area contributed by atoms with Gasteiger partial charge in [0.2, 0.25) is 0 Å². The molecule has 1 aliphatic heterocycles. The van der Waals surface area contributed by atoms with Crippen LogP contribution in [0.4, 0.5) is 13.2 Å². The van der Waals surface area contributed by atoms with Gasteiger partial charge < -0.3 is 25.1 Å². The predicted octanol–water partition coefficient (Wildman–Crippen LogP) is 2.94. The van der Waals surface area contributed by atoms with Crippen LogP contribution in [0.5, 0.6) is 0 Å². The highest BCUT2D eigenvalue weighted by Gasteiger charge is 2.32. The molecule has 10 heteroatoms. The van der Waals surface area contributed by atoms with Crippen molar-refractivity contribution in [3.05, 3.63) is 59.0 Å². The van der Waals surface area contributed by atoms with E-state index in [4.69, 9.17) is 14.9 Å². The SMILES string of the molecule is CCNC(=NCc1ccc(C(N)=O)o1)N1CCOC(c2cccc(C(F)(F)F)c2)C1. The lowest BCUT2D eigenvalue weighted by Crippen LogP contribution is -2.48. The van der Waals surface area contributed by atoms with Crippen LogP contribution in [0, 0.1) is 0 Å². The van der Waals surface area contributed by atoms with Gasteiger partial charge in [-0.05, 0) is 36.8 Å². The normalized spacial score (nSPS) is 17.8. The first-order chi connectivity index (χ1) is 14.3. The van der Waals surface area contributed by atoms with E-state index in [0.717, 1.165) is 12.1 Å². The molecular formula is C20H23F3N4O3. The Hall–Kier alpha value is -3.01. The molecule has 1 aliphatic rings. The van der Waals surface area contributed by atoms with E-state index in [1.165, 1.54) is 12.1 Å². The molecule has 0 radical (unpaired) electrons. The fourth-order valence-electron chi connectivity index (χ4n) is 3.13. The molecule has 7 nitrogen and oxygen atoms in total. The van der Waals surface area contributed by atoms with Crippen LogP contribution in [0.2, 0.25) is 0 Å². The lowest BCUT2D eigenvalue weighted by atomic mass is 10.0. The van der Waals surface area contributed by atoms with Crippen molar-refractivity contribution in [2.24, 2.45) is 10.7 Å². The second-order valence-corrected chi connectivity index (χ2v) is 6.73. The number of hydrogen-bond donors (Lipinski definition) is 2. The molecule has 1 aromatic carbocycles. The molecule has 0 saturated carbocycles. The van der Waals surface area contributed by atoms with Gasteiger partial charge >= 0.3 is 6.18 Å². The first-order valence-electron chi connectivity index (χ1n) is 9.48. The summed E-state index contributed by atoms with van der Waals surface area (Å²) in [5, 5.41) is 3.17. The number of primary amides is 1. The van der Waals surface area contributed by atoms with Crippen LogP contribution < -0.4 is 11.1 Å². The number of nitrogens with two attached hydrogens (primary N) is 1. The van der Waals surface area contributed by atoms with Crippen molar-refractivity contribution in [2.45, 2.75) is 25.7 Å². The zero-order valence-electron chi connectivity index (χ0n) is 16.4. The van der Waals surface area contributed by atoms with E-state index in [1.807, 2.05) is 11.8 Å². The molecule has 162 valence electrons. The molecule has 1 saturated heterocycles. The summed E-state index contributed by atoms with van der Waals surface area (Å²) in [6.45, 7) is 3.93. The number of amides is 1. The number of alkyl halides is 3. The number of nitrogens with zero attached hydrogens (tertiary/aromatic N) is 2. The maximum Gasteiger partial charge on any atom is 0.416 e. The number of nitrogens with one attached hydrogen (secondary N) is 1. The maximum absolute atomic E-state index is 13.0. The molecule has 1 unspecified atom stereocenters. The molecule has 1 amide bonds. The summed E-state index contributed by atoms with van der Waals surface area (Å²) < 4.78 is 50.2. The molecule has 1 fully saturated rings. The Morgan fingerprint density at radius 3 is 2.80 bits per heavy atom. The summed E-state index contributed by atoms with van der Waals surface area (Å²) in [7, 11) is 0. The Bertz CT molecular complexity index is 911. The van der Waals surface area contributed by atoms with E-state index in [2.05, 4.69) is 10.3 Å². The fraction of sp³-hybridized carbons (Fsp3) is 0.400. The number of hydrogen-bond acceptors (Lipinski definition) is 4. The second-order valence-electron chi connectivity index (χ2n) is 6.73. The number of carbonyl (C=O) groups is 1. The quantitative estimate of drug-likeness (QED) is 0.569. The van der Waals surface area contributed by atoms with Crippen LogP contribution >= 0.6 is 0 Å². The molecule has 30 heavy (non-hydrogen) atoms. The molecule has 1 atom stereocenters. The predicted molar refractivity (Wildman–Crippen MR) is 104 cm³/mol. The molecule has 3 rings (SSSR count). The Labute approximate surface area is 171 Å². The molecule has 2 heterocycles. The monoisotopic (exact) mass is 424 g/mol. The van der Waals surface area contributed by atoms with Crippen LogP contribution in [0.3, 0.4) is 0 Å². The largest absolute Gasteiger partial charge is 0.454 e. The number of halogens is 3. The van der Waals surface area contributed by atoms with E-state index < -0.39 is 23.8 Å². The third-order valence-corrected chi connectivity index (χ3v) is 4.58. The Morgan fingerprint density at radius 2 is 2.13 bits per heavy atom. The van der Waals surface area contributed by atoms with Crippen molar-refractivity contribution >= 4 is 11.9 Å². The minimum atomic E-state index is -4.41. The summed E-state index contributed by atoms with van der Waals surface area (Å²) >= 11 is 0. The van der Waals surface area contributed by atoms with Gasteiger partial charge in [-0.3, -0.25) is 4.79 Å². The van der Waals surface area contributed by atoms with Crippen molar-refractivity contribution in [2.75, 3.05) is 26.2 Å². The van der Waals surface area contributed by atoms with E-state index in [0.29, 0.717) is 43.5 Å². The summed E-state index contributed by atoms with van der Waals surface area (Å²) in [4.78, 5) is 17.6. The third kappa shape index (κ3) is 5.32. The lowest BCUT2D eigenvalue weighted by Gasteiger charge is -2.35. The fourth-order valence-corrected chi connectivity index (χ4v) is 3.13. The molecule has 0 aliphatic carbocycles. The van der Waals surface area contributed by atoms with E-state index >= 15 is 0 Å². The van der Waals surface area contributed by atoms with Gasteiger partial charge in [0.15, 0.2) is 11.7 Å². The summed E-state index contributed by atoms with van der Waals surface area (Å²) in [6.07, 6.45) is -4.93. The van der Waals surface area contributed by atoms with E-state index in [1.54, 1.807) is 12.1 Å². The van der Waals surface area contributed by atoms with Crippen molar-refractivity contribution in [3.63, 3.8) is 0 Å². The number of benzene rings is 1. The average molecular weight is 424 g/mol. The number of furan rings is 1. The summed E-state index contributed by atoms with van der Waals surface area (Å²) in [5.74, 6) is 0.451. The summed E-state index contributed by atoms with van der Waals surface area (Å²) in [6, 6.07) is 8.27. The summed E-state index contributed by atoms with van der Waals surface area (Å²) in [5.41, 5.74) is 4.94. The lowest BCUT2D eigenvalue weighted by molar-refractivity contribution is -0.137. The molecule has 3 N–H and O–H groups in total. The highest BCUT2D eigenvalue weighted by Crippen LogP contribution is 2.32. The van der Waals surface area contributed by atoms with Gasteiger partial charge in [0.05, 0.1) is 18.7 Å². The van der Waals surface area contributed by atoms with Crippen LogP contribution in [-0.4, -0.2) is 43.0 Å². The van der Waals surface area contributed by atoms with E-state index in [9.17, 15) is 18.0 Å². The molecule has 0 spiro atoms. The number of carbonyl (C=O) groups excluding carboxylic acids is 1. The van der Waals surface area contributed by atoms with E-state index in [-0.39, 0.29) is 12.3 Å². The zero-order chi connectivity index (χ0) is 21.7. The van der Waals surface area contributed by atoms with Gasteiger partial charge in [-0.25, -0.2) is 4.99 Å². The Morgan fingerprint density at radius 1 is 1.33 bits per heavy atom. The topological polar surface area (TPSA) is 93.1 Å². The van der Waals surface area contributed by atoms with Crippen molar-refractivity contribution in [1.82, 2.24) is 10.2 Å². The highest BCUT2D eigenvalue weighted by atomic mass is 19.4. The first-order valence-corrected chi connectivity index (χ1v) is 9.48. The van der Waals surface area contributed by atoms with Crippen LogP contribution in [-0.2, 0) is 17.5 Å². The molecule has 0 bridgehead atoms. The first kappa shape index (κ1) is 21.7. The van der Waals surface area contributed by atoms with Crippen LogP contribution in [0.25, 0.3) is 0 Å². The van der Waals surface area contributed by atoms with Gasteiger partial charge in [-0.1, -0.05) is 12.1 Å². The minimum Gasteiger partial charge on any atom is -0.454 e. The standard InChI is InChI=1S/C20H23F3N4O3/c1-2-25-19(26-11-15-6-7-16(30-15)18(24)28)27-8-9-29-17(12-27)13-4-3-5-14(10-13)20(21,22)23/h3-7,10,17H,2,8-9,11-12H2,1H3,(H2,24,28)(H,25,26). The maximum atomic E-state index is 13.0. The highest BCUT2D eigenvalue weighted by molar-refractivity contribution is 5.89. The second kappa shape index (κ2) is 9.21. The van der Waals surface area contributed by atoms with Gasteiger partial charge in [-0.2, -0.15) is 13.2 Å². The number of ether oxygens (including phenoxy) is 1. The zero-order valence-corrected chi connectivity index (χ0v) is 16.4. The van der Waals surface area contributed by atoms with Gasteiger partial charge in [0.25, 0.3) is 5.91 Å². The number of aliphatic imine (C=N–C) groups is 1.